The zero-order chi connectivity index (χ0) is 20.4. The van der Waals surface area contributed by atoms with E-state index in [1.165, 1.54) is 11.1 Å². The average Bonchev–Trinajstić information content (AvgIpc) is 2.82. The normalized spacial score (nSPS) is 11.6. The minimum atomic E-state index is 0.829. The number of benzene rings is 4. The standard InChI is InChI=1S/C28H22N2/c1-3-9-23(10-4-1)17-19-25-13-7-15-27(21-25)29-30-28-16-8-14-26(22-28)20-18-24-11-5-2-6-12-24/h1-22H/b19-17+,20-18+,30-29+. The molecule has 0 amide bonds. The van der Waals surface area contributed by atoms with E-state index in [-0.39, 0.29) is 0 Å². The highest BCUT2D eigenvalue weighted by Gasteiger charge is 1.95. The van der Waals surface area contributed by atoms with Gasteiger partial charge < -0.3 is 0 Å². The van der Waals surface area contributed by atoms with E-state index in [0.29, 0.717) is 0 Å². The number of nitrogens with zero attached hydrogens (tertiary/aromatic N) is 2. The summed E-state index contributed by atoms with van der Waals surface area (Å²) < 4.78 is 0. The lowest BCUT2D eigenvalue weighted by molar-refractivity contribution is 1.23. The second-order valence-corrected chi connectivity index (χ2v) is 6.88. The molecule has 2 heteroatoms. The minimum absolute atomic E-state index is 0.829. The summed E-state index contributed by atoms with van der Waals surface area (Å²) in [5.41, 5.74) is 6.19. The van der Waals surface area contributed by atoms with Crippen LogP contribution in [0.3, 0.4) is 0 Å². The van der Waals surface area contributed by atoms with Crippen molar-refractivity contribution >= 4 is 35.7 Å². The first-order valence-electron chi connectivity index (χ1n) is 9.93. The van der Waals surface area contributed by atoms with Gasteiger partial charge in [0.25, 0.3) is 0 Å². The number of hydrogen-bond acceptors (Lipinski definition) is 2. The van der Waals surface area contributed by atoms with E-state index >= 15 is 0 Å². The predicted octanol–water partition coefficient (Wildman–Crippen LogP) is 8.44. The lowest BCUT2D eigenvalue weighted by atomic mass is 10.1. The van der Waals surface area contributed by atoms with Gasteiger partial charge in [0.2, 0.25) is 0 Å². The van der Waals surface area contributed by atoms with Crippen LogP contribution in [0, 0.1) is 0 Å². The van der Waals surface area contributed by atoms with Crippen molar-refractivity contribution in [3.63, 3.8) is 0 Å². The highest BCUT2D eigenvalue weighted by molar-refractivity contribution is 5.71. The summed E-state index contributed by atoms with van der Waals surface area (Å²) in [6, 6.07) is 36.6. The van der Waals surface area contributed by atoms with Crippen molar-refractivity contribution in [2.75, 3.05) is 0 Å². The van der Waals surface area contributed by atoms with Gasteiger partial charge in [-0.15, -0.1) is 0 Å². The van der Waals surface area contributed by atoms with Gasteiger partial charge in [0.05, 0.1) is 11.4 Å². The lowest BCUT2D eigenvalue weighted by Crippen LogP contribution is -1.74. The number of hydrogen-bond donors (Lipinski definition) is 0. The fraction of sp³-hybridized carbons (Fsp3) is 0. The molecule has 4 rings (SSSR count). The summed E-state index contributed by atoms with van der Waals surface area (Å²) in [5, 5.41) is 8.84. The van der Waals surface area contributed by atoms with Crippen molar-refractivity contribution in [2.24, 2.45) is 10.2 Å². The van der Waals surface area contributed by atoms with Gasteiger partial charge in [-0.25, -0.2) is 0 Å². The molecular weight excluding hydrogens is 364 g/mol. The first-order chi connectivity index (χ1) is 14.8. The summed E-state index contributed by atoms with van der Waals surface area (Å²) in [6.45, 7) is 0. The van der Waals surface area contributed by atoms with Crippen molar-refractivity contribution in [2.45, 2.75) is 0 Å². The molecule has 0 aromatic heterocycles. The van der Waals surface area contributed by atoms with Crippen molar-refractivity contribution in [3.05, 3.63) is 131 Å². The average molecular weight is 386 g/mol. The van der Waals surface area contributed by atoms with Gasteiger partial charge in [-0.1, -0.05) is 109 Å². The molecule has 0 unspecified atom stereocenters. The van der Waals surface area contributed by atoms with Crippen LogP contribution in [0.5, 0.6) is 0 Å². The van der Waals surface area contributed by atoms with E-state index in [4.69, 9.17) is 0 Å². The Kier molecular flexibility index (Phi) is 6.39. The molecule has 4 aromatic carbocycles. The summed E-state index contributed by atoms with van der Waals surface area (Å²) in [6.07, 6.45) is 8.37. The van der Waals surface area contributed by atoms with Gasteiger partial charge in [0.1, 0.15) is 0 Å². The van der Waals surface area contributed by atoms with E-state index in [1.807, 2.05) is 72.8 Å². The summed E-state index contributed by atoms with van der Waals surface area (Å²) in [5.74, 6) is 0. The summed E-state index contributed by atoms with van der Waals surface area (Å²) >= 11 is 0. The van der Waals surface area contributed by atoms with Gasteiger partial charge in [0, 0.05) is 0 Å². The van der Waals surface area contributed by atoms with Crippen LogP contribution < -0.4 is 0 Å². The molecule has 2 nitrogen and oxygen atoms in total. The maximum atomic E-state index is 4.42. The molecule has 0 fully saturated rings. The highest BCUT2D eigenvalue weighted by atomic mass is 15.1. The third kappa shape index (κ3) is 5.73. The van der Waals surface area contributed by atoms with Crippen molar-refractivity contribution in [1.29, 1.82) is 0 Å². The monoisotopic (exact) mass is 386 g/mol. The molecule has 4 aromatic rings. The fourth-order valence-corrected chi connectivity index (χ4v) is 3.01. The second kappa shape index (κ2) is 9.94. The highest BCUT2D eigenvalue weighted by Crippen LogP contribution is 2.22. The van der Waals surface area contributed by atoms with E-state index in [9.17, 15) is 0 Å². The Balaban J connectivity index is 1.46. The maximum Gasteiger partial charge on any atom is 0.0863 e. The van der Waals surface area contributed by atoms with Crippen LogP contribution in [0.4, 0.5) is 11.4 Å². The molecule has 0 N–H and O–H groups in total. The van der Waals surface area contributed by atoms with E-state index in [1.54, 1.807) is 0 Å². The Bertz CT molecular complexity index is 1080. The third-order valence-electron chi connectivity index (χ3n) is 4.56. The molecule has 0 aliphatic rings. The Morgan fingerprint density at radius 2 is 0.733 bits per heavy atom. The second-order valence-electron chi connectivity index (χ2n) is 6.88. The SMILES string of the molecule is C(=C\c1cccc(/N=N/c2cccc(/C=C/c3ccccc3)c2)c1)/c1ccccc1. The molecule has 0 heterocycles. The van der Waals surface area contributed by atoms with E-state index in [2.05, 4.69) is 70.9 Å². The lowest BCUT2D eigenvalue weighted by Gasteiger charge is -1.98. The molecule has 0 saturated carbocycles. The van der Waals surface area contributed by atoms with Crippen LogP contribution in [-0.4, -0.2) is 0 Å². The molecule has 0 atom stereocenters. The van der Waals surface area contributed by atoms with Crippen LogP contribution in [0.15, 0.2) is 119 Å². The molecule has 0 bridgehead atoms. The smallest absolute Gasteiger partial charge is 0.0863 e. The van der Waals surface area contributed by atoms with E-state index in [0.717, 1.165) is 22.5 Å². The van der Waals surface area contributed by atoms with E-state index < -0.39 is 0 Å². The van der Waals surface area contributed by atoms with Crippen LogP contribution in [0.1, 0.15) is 22.3 Å². The van der Waals surface area contributed by atoms with Gasteiger partial charge in [-0.3, -0.25) is 0 Å². The quantitative estimate of drug-likeness (QED) is 0.235. The number of rotatable bonds is 6. The zero-order valence-electron chi connectivity index (χ0n) is 16.6. The van der Waals surface area contributed by atoms with Gasteiger partial charge in [0.15, 0.2) is 0 Å². The molecule has 0 saturated heterocycles. The maximum absolute atomic E-state index is 4.42. The van der Waals surface area contributed by atoms with Crippen LogP contribution in [0.25, 0.3) is 24.3 Å². The van der Waals surface area contributed by atoms with Gasteiger partial charge in [-0.2, -0.15) is 10.2 Å². The minimum Gasteiger partial charge on any atom is -0.151 e. The largest absolute Gasteiger partial charge is 0.151 e. The molecule has 0 spiro atoms. The molecule has 0 aliphatic carbocycles. The summed E-state index contributed by atoms with van der Waals surface area (Å²) in [4.78, 5) is 0. The topological polar surface area (TPSA) is 24.7 Å². The Morgan fingerprint density at radius 1 is 0.367 bits per heavy atom. The Labute approximate surface area is 177 Å². The number of azo groups is 1. The molecule has 144 valence electrons. The van der Waals surface area contributed by atoms with Gasteiger partial charge in [-0.05, 0) is 46.5 Å². The van der Waals surface area contributed by atoms with Crippen molar-refractivity contribution in [3.8, 4) is 0 Å². The van der Waals surface area contributed by atoms with Crippen molar-refractivity contribution in [1.82, 2.24) is 0 Å². The Morgan fingerprint density at radius 3 is 1.17 bits per heavy atom. The van der Waals surface area contributed by atoms with Crippen LogP contribution in [-0.2, 0) is 0 Å². The molecular formula is C28H22N2. The third-order valence-corrected chi connectivity index (χ3v) is 4.56. The Hall–Kier alpha value is -4.04. The first-order valence-corrected chi connectivity index (χ1v) is 9.93. The van der Waals surface area contributed by atoms with Gasteiger partial charge >= 0.3 is 0 Å². The molecule has 0 radical (unpaired) electrons. The fourth-order valence-electron chi connectivity index (χ4n) is 3.01. The molecule has 0 aliphatic heterocycles. The zero-order valence-corrected chi connectivity index (χ0v) is 16.6. The summed E-state index contributed by atoms with van der Waals surface area (Å²) in [7, 11) is 0. The predicted molar refractivity (Wildman–Crippen MR) is 128 cm³/mol. The first kappa shape index (κ1) is 19.3. The van der Waals surface area contributed by atoms with Crippen molar-refractivity contribution < 1.29 is 0 Å². The molecule has 30 heavy (non-hydrogen) atoms. The van der Waals surface area contributed by atoms with Crippen LogP contribution in [0.2, 0.25) is 0 Å². The van der Waals surface area contributed by atoms with Crippen LogP contribution >= 0.6 is 0 Å².